The van der Waals surface area contributed by atoms with E-state index in [1.165, 1.54) is 5.56 Å². The van der Waals surface area contributed by atoms with Crippen molar-refractivity contribution in [1.82, 2.24) is 4.90 Å². The molecule has 1 N–H and O–H groups in total. The van der Waals surface area contributed by atoms with Crippen LogP contribution in [0.1, 0.15) is 43.7 Å². The van der Waals surface area contributed by atoms with Gasteiger partial charge in [0.2, 0.25) is 18.6 Å². The quantitative estimate of drug-likeness (QED) is 0.727. The number of nitrogens with one attached hydrogen (secondary N) is 1. The summed E-state index contributed by atoms with van der Waals surface area (Å²) >= 11 is 0. The van der Waals surface area contributed by atoms with Crippen molar-refractivity contribution in [2.24, 2.45) is 5.92 Å². The van der Waals surface area contributed by atoms with E-state index in [-0.39, 0.29) is 24.5 Å². The van der Waals surface area contributed by atoms with Gasteiger partial charge in [0, 0.05) is 36.8 Å². The SMILES string of the molecule is CC(C)c1ccc(C=CC(=O)N2CCC(C(=O)Nc3ccc4c(c3)OCO4)CC2)cc1. The van der Waals surface area contributed by atoms with Crippen molar-refractivity contribution in [3.05, 3.63) is 59.7 Å². The Bertz CT molecular complexity index is 974. The summed E-state index contributed by atoms with van der Waals surface area (Å²) in [6.45, 7) is 5.68. The van der Waals surface area contributed by atoms with Crippen LogP contribution in [0.15, 0.2) is 48.5 Å². The molecule has 2 aromatic rings. The van der Waals surface area contributed by atoms with Gasteiger partial charge in [-0.15, -0.1) is 0 Å². The molecule has 0 spiro atoms. The molecule has 2 aliphatic rings. The van der Waals surface area contributed by atoms with Crippen LogP contribution in [-0.2, 0) is 9.59 Å². The molecule has 0 atom stereocenters. The second kappa shape index (κ2) is 9.25. The van der Waals surface area contributed by atoms with E-state index in [2.05, 4.69) is 31.3 Å². The summed E-state index contributed by atoms with van der Waals surface area (Å²) < 4.78 is 10.6. The molecule has 6 nitrogen and oxygen atoms in total. The van der Waals surface area contributed by atoms with E-state index >= 15 is 0 Å². The van der Waals surface area contributed by atoms with Crippen molar-refractivity contribution >= 4 is 23.6 Å². The standard InChI is InChI=1S/C25H28N2O4/c1-17(2)19-6-3-18(4-7-19)5-10-24(28)27-13-11-20(12-14-27)25(29)26-21-8-9-22-23(15-21)31-16-30-22/h3-10,15,17,20H,11-14,16H2,1-2H3,(H,26,29). The van der Waals surface area contributed by atoms with E-state index < -0.39 is 0 Å². The molecule has 0 aromatic heterocycles. The number of fused-ring (bicyclic) bond motifs is 1. The summed E-state index contributed by atoms with van der Waals surface area (Å²) in [4.78, 5) is 27.0. The molecule has 2 amide bonds. The maximum Gasteiger partial charge on any atom is 0.246 e. The second-order valence-corrected chi connectivity index (χ2v) is 8.31. The zero-order chi connectivity index (χ0) is 21.8. The van der Waals surface area contributed by atoms with Gasteiger partial charge < -0.3 is 19.7 Å². The number of hydrogen-bond donors (Lipinski definition) is 1. The highest BCUT2D eigenvalue weighted by Crippen LogP contribution is 2.34. The fourth-order valence-corrected chi connectivity index (χ4v) is 3.85. The van der Waals surface area contributed by atoms with Gasteiger partial charge in [0.15, 0.2) is 11.5 Å². The van der Waals surface area contributed by atoms with E-state index in [9.17, 15) is 9.59 Å². The fourth-order valence-electron chi connectivity index (χ4n) is 3.85. The first-order valence-corrected chi connectivity index (χ1v) is 10.8. The molecule has 0 bridgehead atoms. The highest BCUT2D eigenvalue weighted by atomic mass is 16.7. The number of piperidine rings is 1. The maximum absolute atomic E-state index is 12.6. The van der Waals surface area contributed by atoms with Crippen molar-refractivity contribution in [1.29, 1.82) is 0 Å². The van der Waals surface area contributed by atoms with Crippen LogP contribution in [0.2, 0.25) is 0 Å². The number of nitrogens with zero attached hydrogens (tertiary/aromatic N) is 1. The average molecular weight is 421 g/mol. The van der Waals surface area contributed by atoms with E-state index in [4.69, 9.17) is 9.47 Å². The Labute approximate surface area is 182 Å². The molecule has 2 heterocycles. The number of benzene rings is 2. The van der Waals surface area contributed by atoms with Gasteiger partial charge in [-0.2, -0.15) is 0 Å². The highest BCUT2D eigenvalue weighted by Gasteiger charge is 2.27. The van der Waals surface area contributed by atoms with Gasteiger partial charge in [-0.25, -0.2) is 0 Å². The van der Waals surface area contributed by atoms with Gasteiger partial charge in [0.05, 0.1) is 0 Å². The smallest absolute Gasteiger partial charge is 0.246 e. The van der Waals surface area contributed by atoms with Crippen LogP contribution in [0, 0.1) is 5.92 Å². The molecule has 2 aromatic carbocycles. The number of likely N-dealkylation sites (tertiary alicyclic amines) is 1. The molecule has 0 saturated carbocycles. The number of ether oxygens (including phenoxy) is 2. The summed E-state index contributed by atoms with van der Waals surface area (Å²) in [6.07, 6.45) is 4.78. The number of hydrogen-bond acceptors (Lipinski definition) is 4. The summed E-state index contributed by atoms with van der Waals surface area (Å²) in [5.41, 5.74) is 2.99. The summed E-state index contributed by atoms with van der Waals surface area (Å²) in [7, 11) is 0. The number of carbonyl (C=O) groups is 2. The van der Waals surface area contributed by atoms with E-state index in [1.807, 2.05) is 29.2 Å². The number of anilines is 1. The molecule has 31 heavy (non-hydrogen) atoms. The first-order chi connectivity index (χ1) is 15.0. The molecule has 4 rings (SSSR count). The zero-order valence-corrected chi connectivity index (χ0v) is 18.0. The third-order valence-corrected chi connectivity index (χ3v) is 5.84. The van der Waals surface area contributed by atoms with Crippen LogP contribution in [0.5, 0.6) is 11.5 Å². The molecule has 0 radical (unpaired) electrons. The number of carbonyl (C=O) groups excluding carboxylic acids is 2. The lowest BCUT2D eigenvalue weighted by Gasteiger charge is -2.30. The zero-order valence-electron chi connectivity index (χ0n) is 18.0. The minimum absolute atomic E-state index is 0.0115. The van der Waals surface area contributed by atoms with E-state index in [0.29, 0.717) is 49.0 Å². The molecule has 6 heteroatoms. The Kier molecular flexibility index (Phi) is 6.26. The fraction of sp³-hybridized carbons (Fsp3) is 0.360. The Balaban J connectivity index is 1.26. The normalized spacial score (nSPS) is 16.2. The summed E-state index contributed by atoms with van der Waals surface area (Å²) in [5.74, 6) is 1.68. The molecule has 162 valence electrons. The second-order valence-electron chi connectivity index (χ2n) is 8.31. The van der Waals surface area contributed by atoms with Gasteiger partial charge in [-0.1, -0.05) is 38.1 Å². The summed E-state index contributed by atoms with van der Waals surface area (Å²) in [6, 6.07) is 13.6. The largest absolute Gasteiger partial charge is 0.454 e. The third kappa shape index (κ3) is 5.08. The summed E-state index contributed by atoms with van der Waals surface area (Å²) in [5, 5.41) is 2.95. The van der Waals surface area contributed by atoms with Crippen LogP contribution in [0.3, 0.4) is 0 Å². The molecule has 2 aliphatic heterocycles. The van der Waals surface area contributed by atoms with Gasteiger partial charge in [-0.05, 0) is 48.1 Å². The Morgan fingerprint density at radius 3 is 2.45 bits per heavy atom. The monoisotopic (exact) mass is 420 g/mol. The highest BCUT2D eigenvalue weighted by molar-refractivity contribution is 5.94. The number of rotatable bonds is 5. The predicted molar refractivity (Wildman–Crippen MR) is 120 cm³/mol. The van der Waals surface area contributed by atoms with Crippen LogP contribution in [0.4, 0.5) is 5.69 Å². The topological polar surface area (TPSA) is 67.9 Å². The van der Waals surface area contributed by atoms with Crippen LogP contribution < -0.4 is 14.8 Å². The molecule has 1 saturated heterocycles. The minimum atomic E-state index is -0.109. The van der Waals surface area contributed by atoms with Crippen LogP contribution in [-0.4, -0.2) is 36.6 Å². The van der Waals surface area contributed by atoms with Crippen molar-refractivity contribution in [3.8, 4) is 11.5 Å². The van der Waals surface area contributed by atoms with Crippen molar-refractivity contribution in [2.45, 2.75) is 32.6 Å². The van der Waals surface area contributed by atoms with Gasteiger partial charge >= 0.3 is 0 Å². The van der Waals surface area contributed by atoms with E-state index in [0.717, 1.165) is 5.56 Å². The number of amides is 2. The van der Waals surface area contributed by atoms with Crippen molar-refractivity contribution in [2.75, 3.05) is 25.2 Å². The van der Waals surface area contributed by atoms with Crippen molar-refractivity contribution < 1.29 is 19.1 Å². The van der Waals surface area contributed by atoms with Crippen LogP contribution >= 0.6 is 0 Å². The van der Waals surface area contributed by atoms with Crippen LogP contribution in [0.25, 0.3) is 6.08 Å². The first kappa shape index (κ1) is 21.0. The predicted octanol–water partition coefficient (Wildman–Crippen LogP) is 4.43. The minimum Gasteiger partial charge on any atom is -0.454 e. The lowest BCUT2D eigenvalue weighted by Crippen LogP contribution is -2.40. The maximum atomic E-state index is 12.6. The molecule has 0 unspecified atom stereocenters. The Morgan fingerprint density at radius 1 is 1.03 bits per heavy atom. The molecular formula is C25H28N2O4. The molecule has 1 fully saturated rings. The van der Waals surface area contributed by atoms with Crippen molar-refractivity contribution in [3.63, 3.8) is 0 Å². The van der Waals surface area contributed by atoms with Gasteiger partial charge in [0.1, 0.15) is 0 Å². The lowest BCUT2D eigenvalue weighted by molar-refractivity contribution is -0.130. The molecular weight excluding hydrogens is 392 g/mol. The van der Waals surface area contributed by atoms with Gasteiger partial charge in [0.25, 0.3) is 0 Å². The first-order valence-electron chi connectivity index (χ1n) is 10.8. The van der Waals surface area contributed by atoms with E-state index in [1.54, 1.807) is 18.2 Å². The molecule has 0 aliphatic carbocycles. The Morgan fingerprint density at radius 2 is 1.74 bits per heavy atom. The average Bonchev–Trinajstić information content (AvgIpc) is 3.25. The third-order valence-electron chi connectivity index (χ3n) is 5.84. The lowest BCUT2D eigenvalue weighted by atomic mass is 9.95. The Hall–Kier alpha value is -3.28. The van der Waals surface area contributed by atoms with Gasteiger partial charge in [-0.3, -0.25) is 9.59 Å².